The van der Waals surface area contributed by atoms with E-state index in [9.17, 15) is 19.5 Å². The molecule has 1 rings (SSSR count). The molecule has 3 atom stereocenters. The fourth-order valence-corrected chi connectivity index (χ4v) is 3.00. The standard InChI is InChI=1S/C21H35N5O4/c22-12-6-4-10-16(24)19(27)26-18(14-15-8-2-1-3-9-15)20(28)25-17(21(29)30)11-5-7-13-23/h1-3,8-9,16-18H,4-7,10-14,22-24H2,(H,25,28)(H,26,27)(H,29,30)/t16-,17-,18-/m0/s1. The van der Waals surface area contributed by atoms with Crippen molar-refractivity contribution in [2.45, 2.75) is 63.1 Å². The van der Waals surface area contributed by atoms with Gasteiger partial charge in [-0.25, -0.2) is 4.79 Å². The molecule has 0 aliphatic heterocycles. The van der Waals surface area contributed by atoms with E-state index in [2.05, 4.69) is 10.6 Å². The maximum Gasteiger partial charge on any atom is 0.326 e. The van der Waals surface area contributed by atoms with Gasteiger partial charge in [0.25, 0.3) is 0 Å². The summed E-state index contributed by atoms with van der Waals surface area (Å²) >= 11 is 0. The topological polar surface area (TPSA) is 174 Å². The summed E-state index contributed by atoms with van der Waals surface area (Å²) < 4.78 is 0. The fourth-order valence-electron chi connectivity index (χ4n) is 3.00. The molecule has 9 N–H and O–H groups in total. The average Bonchev–Trinajstić information content (AvgIpc) is 2.73. The van der Waals surface area contributed by atoms with Crippen molar-refractivity contribution in [1.82, 2.24) is 10.6 Å². The third kappa shape index (κ3) is 9.82. The van der Waals surface area contributed by atoms with Gasteiger partial charge in [0, 0.05) is 6.42 Å². The molecule has 1 aromatic rings. The van der Waals surface area contributed by atoms with Crippen molar-refractivity contribution in [3.05, 3.63) is 35.9 Å². The molecule has 0 aromatic heterocycles. The number of benzene rings is 1. The molecule has 0 saturated carbocycles. The van der Waals surface area contributed by atoms with Crippen molar-refractivity contribution in [2.75, 3.05) is 13.1 Å². The van der Waals surface area contributed by atoms with E-state index in [4.69, 9.17) is 17.2 Å². The smallest absolute Gasteiger partial charge is 0.326 e. The quantitative estimate of drug-likeness (QED) is 0.214. The molecule has 0 spiro atoms. The van der Waals surface area contributed by atoms with Crippen LogP contribution in [0.3, 0.4) is 0 Å². The highest BCUT2D eigenvalue weighted by atomic mass is 16.4. The minimum atomic E-state index is -1.12. The molecule has 0 unspecified atom stereocenters. The molecule has 0 fully saturated rings. The third-order valence-corrected chi connectivity index (χ3v) is 4.78. The summed E-state index contributed by atoms with van der Waals surface area (Å²) in [6.45, 7) is 0.975. The van der Waals surface area contributed by atoms with E-state index >= 15 is 0 Å². The number of carbonyl (C=O) groups excluding carboxylic acids is 2. The molecule has 9 heteroatoms. The van der Waals surface area contributed by atoms with E-state index in [1.165, 1.54) is 0 Å². The first kappa shape index (κ1) is 25.5. The zero-order chi connectivity index (χ0) is 22.4. The second kappa shape index (κ2) is 14.5. The van der Waals surface area contributed by atoms with Crippen LogP contribution in [0.4, 0.5) is 0 Å². The van der Waals surface area contributed by atoms with Gasteiger partial charge in [-0.1, -0.05) is 36.8 Å². The highest BCUT2D eigenvalue weighted by Gasteiger charge is 2.27. The van der Waals surface area contributed by atoms with Crippen LogP contribution in [0.5, 0.6) is 0 Å². The molecule has 0 aliphatic carbocycles. The normalized spacial score (nSPS) is 13.8. The number of hydrogen-bond donors (Lipinski definition) is 6. The van der Waals surface area contributed by atoms with Gasteiger partial charge in [-0.15, -0.1) is 0 Å². The molecule has 30 heavy (non-hydrogen) atoms. The summed E-state index contributed by atoms with van der Waals surface area (Å²) in [5.41, 5.74) is 17.7. The van der Waals surface area contributed by atoms with Crippen LogP contribution in [-0.2, 0) is 20.8 Å². The molecular formula is C21H35N5O4. The van der Waals surface area contributed by atoms with Crippen LogP contribution < -0.4 is 27.8 Å². The predicted octanol–water partition coefficient (Wildman–Crippen LogP) is -0.131. The maximum atomic E-state index is 12.8. The number of unbranched alkanes of at least 4 members (excludes halogenated alkanes) is 2. The Kier molecular flexibility index (Phi) is 12.3. The number of nitrogens with one attached hydrogen (secondary N) is 2. The number of rotatable bonds is 15. The predicted molar refractivity (Wildman–Crippen MR) is 115 cm³/mol. The summed E-state index contributed by atoms with van der Waals surface area (Å²) in [4.78, 5) is 36.9. The Hall–Kier alpha value is -2.49. The first-order valence-electron chi connectivity index (χ1n) is 10.4. The van der Waals surface area contributed by atoms with Crippen LogP contribution in [0, 0.1) is 0 Å². The van der Waals surface area contributed by atoms with Gasteiger partial charge in [0.05, 0.1) is 6.04 Å². The van der Waals surface area contributed by atoms with Gasteiger partial charge in [0.15, 0.2) is 0 Å². The minimum absolute atomic E-state index is 0.225. The number of amides is 2. The van der Waals surface area contributed by atoms with Crippen LogP contribution in [0.25, 0.3) is 0 Å². The van der Waals surface area contributed by atoms with Crippen molar-refractivity contribution in [1.29, 1.82) is 0 Å². The third-order valence-electron chi connectivity index (χ3n) is 4.78. The number of carbonyl (C=O) groups is 3. The Bertz CT molecular complexity index is 656. The Labute approximate surface area is 177 Å². The number of nitrogens with two attached hydrogens (primary N) is 3. The number of carboxylic acid groups (broad SMARTS) is 1. The van der Waals surface area contributed by atoms with E-state index < -0.39 is 35.9 Å². The monoisotopic (exact) mass is 421 g/mol. The first-order chi connectivity index (χ1) is 14.4. The molecule has 0 bridgehead atoms. The molecule has 0 heterocycles. The number of carboxylic acids is 1. The van der Waals surface area contributed by atoms with Crippen LogP contribution in [-0.4, -0.2) is 54.1 Å². The van der Waals surface area contributed by atoms with E-state index in [1.807, 2.05) is 30.3 Å². The summed E-state index contributed by atoms with van der Waals surface area (Å²) in [6, 6.07) is 6.45. The van der Waals surface area contributed by atoms with Crippen LogP contribution in [0.1, 0.15) is 44.1 Å². The lowest BCUT2D eigenvalue weighted by Crippen LogP contribution is -2.55. The van der Waals surface area contributed by atoms with Crippen molar-refractivity contribution in [3.8, 4) is 0 Å². The van der Waals surface area contributed by atoms with Gasteiger partial charge in [0.1, 0.15) is 12.1 Å². The Morgan fingerprint density at radius 1 is 0.833 bits per heavy atom. The highest BCUT2D eigenvalue weighted by molar-refractivity contribution is 5.91. The van der Waals surface area contributed by atoms with Gasteiger partial charge in [0.2, 0.25) is 11.8 Å². The van der Waals surface area contributed by atoms with Gasteiger partial charge >= 0.3 is 5.97 Å². The fraction of sp³-hybridized carbons (Fsp3) is 0.571. The Morgan fingerprint density at radius 2 is 1.40 bits per heavy atom. The zero-order valence-electron chi connectivity index (χ0n) is 17.4. The lowest BCUT2D eigenvalue weighted by Gasteiger charge is -2.23. The average molecular weight is 422 g/mol. The van der Waals surface area contributed by atoms with E-state index in [1.54, 1.807) is 0 Å². The summed E-state index contributed by atoms with van der Waals surface area (Å²) in [6.07, 6.45) is 3.67. The maximum absolute atomic E-state index is 12.8. The van der Waals surface area contributed by atoms with Crippen LogP contribution >= 0.6 is 0 Å². The van der Waals surface area contributed by atoms with Gasteiger partial charge < -0.3 is 32.9 Å². The molecule has 2 amide bonds. The van der Waals surface area contributed by atoms with Gasteiger partial charge in [-0.05, 0) is 50.8 Å². The molecule has 0 radical (unpaired) electrons. The van der Waals surface area contributed by atoms with E-state index in [0.29, 0.717) is 38.8 Å². The number of aliphatic carboxylic acids is 1. The minimum Gasteiger partial charge on any atom is -0.480 e. The zero-order valence-corrected chi connectivity index (χ0v) is 17.4. The lowest BCUT2D eigenvalue weighted by atomic mass is 10.0. The second-order valence-electron chi connectivity index (χ2n) is 7.33. The number of hydrogen-bond acceptors (Lipinski definition) is 6. The summed E-state index contributed by atoms with van der Waals surface area (Å²) in [7, 11) is 0. The van der Waals surface area contributed by atoms with Crippen molar-refractivity contribution in [2.24, 2.45) is 17.2 Å². The Morgan fingerprint density at radius 3 is 1.97 bits per heavy atom. The molecule has 168 valence electrons. The van der Waals surface area contributed by atoms with Crippen molar-refractivity contribution >= 4 is 17.8 Å². The van der Waals surface area contributed by atoms with Gasteiger partial charge in [-0.3, -0.25) is 9.59 Å². The lowest BCUT2D eigenvalue weighted by molar-refractivity contribution is -0.142. The molecular weight excluding hydrogens is 386 g/mol. The van der Waals surface area contributed by atoms with Crippen LogP contribution in [0.15, 0.2) is 30.3 Å². The molecule has 0 saturated heterocycles. The van der Waals surface area contributed by atoms with E-state index in [0.717, 1.165) is 12.0 Å². The highest BCUT2D eigenvalue weighted by Crippen LogP contribution is 2.07. The molecule has 9 nitrogen and oxygen atoms in total. The van der Waals surface area contributed by atoms with Gasteiger partial charge in [-0.2, -0.15) is 0 Å². The summed E-state index contributed by atoms with van der Waals surface area (Å²) in [5, 5.41) is 14.6. The largest absolute Gasteiger partial charge is 0.480 e. The molecule has 1 aromatic carbocycles. The Balaban J connectivity index is 2.83. The second-order valence-corrected chi connectivity index (χ2v) is 7.33. The summed E-state index contributed by atoms with van der Waals surface area (Å²) in [5.74, 6) is -2.12. The first-order valence-corrected chi connectivity index (χ1v) is 10.4. The van der Waals surface area contributed by atoms with Crippen molar-refractivity contribution < 1.29 is 19.5 Å². The SMILES string of the molecule is NCCCC[C@H](NC(=O)[C@H](Cc1ccccc1)NC(=O)[C@@H](N)CCCCN)C(=O)O. The van der Waals surface area contributed by atoms with Crippen molar-refractivity contribution in [3.63, 3.8) is 0 Å². The van der Waals surface area contributed by atoms with Crippen LogP contribution in [0.2, 0.25) is 0 Å². The molecule has 0 aliphatic rings. The van der Waals surface area contributed by atoms with E-state index in [-0.39, 0.29) is 12.8 Å².